The van der Waals surface area contributed by atoms with E-state index in [0.717, 1.165) is 32.6 Å². The number of hydrogen-bond donors (Lipinski definition) is 1. The molecule has 1 fully saturated rings. The summed E-state index contributed by atoms with van der Waals surface area (Å²) in [6.45, 7) is 2.48. The Labute approximate surface area is 106 Å². The monoisotopic (exact) mass is 250 g/mol. The van der Waals surface area contributed by atoms with E-state index in [1.807, 2.05) is 11.9 Å². The number of anilines is 1. The van der Waals surface area contributed by atoms with Crippen LogP contribution in [-0.2, 0) is 4.74 Å². The molecule has 0 amide bonds. The zero-order chi connectivity index (χ0) is 13.0. The lowest BCUT2D eigenvalue weighted by Crippen LogP contribution is -2.31. The molecule has 0 aliphatic carbocycles. The van der Waals surface area contributed by atoms with Gasteiger partial charge < -0.3 is 14.7 Å². The third-order valence-electron chi connectivity index (χ3n) is 3.17. The highest BCUT2D eigenvalue weighted by molar-refractivity contribution is 5.88. The van der Waals surface area contributed by atoms with E-state index in [9.17, 15) is 4.79 Å². The first-order valence-corrected chi connectivity index (χ1v) is 6.15. The molecule has 1 aliphatic rings. The fourth-order valence-electron chi connectivity index (χ4n) is 2.19. The fraction of sp³-hybridized carbons (Fsp3) is 0.538. The van der Waals surface area contributed by atoms with Gasteiger partial charge in [0.1, 0.15) is 5.82 Å². The van der Waals surface area contributed by atoms with Crippen LogP contribution in [0, 0.1) is 5.92 Å². The lowest BCUT2D eigenvalue weighted by atomic mass is 10.0. The summed E-state index contributed by atoms with van der Waals surface area (Å²) in [4.78, 5) is 17.1. The molecule has 1 saturated heterocycles. The van der Waals surface area contributed by atoms with Crippen molar-refractivity contribution >= 4 is 11.8 Å². The van der Waals surface area contributed by atoms with Crippen molar-refractivity contribution in [3.8, 4) is 0 Å². The summed E-state index contributed by atoms with van der Waals surface area (Å²) in [7, 11) is 1.93. The van der Waals surface area contributed by atoms with Gasteiger partial charge >= 0.3 is 5.97 Å². The van der Waals surface area contributed by atoms with E-state index in [1.54, 1.807) is 6.07 Å². The van der Waals surface area contributed by atoms with Crippen LogP contribution in [0.3, 0.4) is 0 Å². The Balaban J connectivity index is 2.01. The topological polar surface area (TPSA) is 62.7 Å². The second-order valence-corrected chi connectivity index (χ2v) is 4.67. The zero-order valence-corrected chi connectivity index (χ0v) is 10.5. The molecule has 98 valence electrons. The number of rotatable bonds is 4. The first kappa shape index (κ1) is 12.8. The Hall–Kier alpha value is -1.62. The SMILES string of the molecule is CN(CC1CCCOC1)c1cc(C(=O)O)ccn1. The molecule has 1 aliphatic heterocycles. The van der Waals surface area contributed by atoms with Gasteiger partial charge in [-0.3, -0.25) is 0 Å². The number of carbonyl (C=O) groups is 1. The molecular weight excluding hydrogens is 232 g/mol. The minimum atomic E-state index is -0.923. The van der Waals surface area contributed by atoms with E-state index in [2.05, 4.69) is 4.98 Å². The van der Waals surface area contributed by atoms with Gasteiger partial charge in [0.2, 0.25) is 0 Å². The molecule has 2 heterocycles. The maximum Gasteiger partial charge on any atom is 0.335 e. The Morgan fingerprint density at radius 1 is 1.67 bits per heavy atom. The van der Waals surface area contributed by atoms with Crippen LogP contribution in [0.5, 0.6) is 0 Å². The molecule has 18 heavy (non-hydrogen) atoms. The van der Waals surface area contributed by atoms with Crippen LogP contribution < -0.4 is 4.90 Å². The maximum atomic E-state index is 10.9. The highest BCUT2D eigenvalue weighted by atomic mass is 16.5. The molecule has 1 atom stereocenters. The lowest BCUT2D eigenvalue weighted by Gasteiger charge is -2.27. The number of aromatic nitrogens is 1. The van der Waals surface area contributed by atoms with Crippen LogP contribution in [0.1, 0.15) is 23.2 Å². The van der Waals surface area contributed by atoms with Gasteiger partial charge in [-0.2, -0.15) is 0 Å². The Bertz CT molecular complexity index is 416. The van der Waals surface area contributed by atoms with Gasteiger partial charge in [0.25, 0.3) is 0 Å². The number of hydrogen-bond acceptors (Lipinski definition) is 4. The number of carboxylic acid groups (broad SMARTS) is 1. The number of aromatic carboxylic acids is 1. The van der Waals surface area contributed by atoms with Crippen LogP contribution in [0.2, 0.25) is 0 Å². The predicted molar refractivity (Wildman–Crippen MR) is 68.0 cm³/mol. The number of nitrogens with zero attached hydrogens (tertiary/aromatic N) is 2. The number of carboxylic acids is 1. The molecule has 1 aromatic heterocycles. The van der Waals surface area contributed by atoms with Crippen molar-refractivity contribution in [2.24, 2.45) is 5.92 Å². The van der Waals surface area contributed by atoms with E-state index in [-0.39, 0.29) is 5.56 Å². The van der Waals surface area contributed by atoms with Crippen LogP contribution in [0.4, 0.5) is 5.82 Å². The standard InChI is InChI=1S/C13H18N2O3/c1-15(8-10-3-2-6-18-9-10)12-7-11(13(16)17)4-5-14-12/h4-5,7,10H,2-3,6,8-9H2,1H3,(H,16,17). The summed E-state index contributed by atoms with van der Waals surface area (Å²) < 4.78 is 5.44. The van der Waals surface area contributed by atoms with Crippen molar-refractivity contribution < 1.29 is 14.6 Å². The lowest BCUT2D eigenvalue weighted by molar-refractivity contribution is 0.0576. The molecule has 1 unspecified atom stereocenters. The molecule has 5 heteroatoms. The minimum Gasteiger partial charge on any atom is -0.478 e. The fourth-order valence-corrected chi connectivity index (χ4v) is 2.19. The molecule has 0 saturated carbocycles. The van der Waals surface area contributed by atoms with Gasteiger partial charge in [-0.25, -0.2) is 9.78 Å². The first-order chi connectivity index (χ1) is 8.66. The van der Waals surface area contributed by atoms with E-state index in [0.29, 0.717) is 11.7 Å². The average Bonchev–Trinajstić information content (AvgIpc) is 2.40. The van der Waals surface area contributed by atoms with Gasteiger partial charge in [0, 0.05) is 26.4 Å². The van der Waals surface area contributed by atoms with Crippen LogP contribution >= 0.6 is 0 Å². The maximum absolute atomic E-state index is 10.9. The van der Waals surface area contributed by atoms with Crippen LogP contribution in [-0.4, -0.2) is 42.9 Å². The van der Waals surface area contributed by atoms with Crippen LogP contribution in [0.15, 0.2) is 18.3 Å². The Morgan fingerprint density at radius 2 is 2.50 bits per heavy atom. The molecule has 0 spiro atoms. The van der Waals surface area contributed by atoms with Crippen molar-refractivity contribution in [2.45, 2.75) is 12.8 Å². The third-order valence-corrected chi connectivity index (χ3v) is 3.17. The van der Waals surface area contributed by atoms with Gasteiger partial charge in [0.15, 0.2) is 0 Å². The van der Waals surface area contributed by atoms with Gasteiger partial charge in [-0.05, 0) is 30.9 Å². The average molecular weight is 250 g/mol. The zero-order valence-electron chi connectivity index (χ0n) is 10.5. The largest absolute Gasteiger partial charge is 0.478 e. The van der Waals surface area contributed by atoms with Crippen molar-refractivity contribution in [2.75, 3.05) is 31.7 Å². The van der Waals surface area contributed by atoms with E-state index in [1.165, 1.54) is 12.3 Å². The number of ether oxygens (including phenoxy) is 1. The Kier molecular flexibility index (Phi) is 4.15. The molecule has 1 aromatic rings. The predicted octanol–water partition coefficient (Wildman–Crippen LogP) is 1.64. The number of pyridine rings is 1. The van der Waals surface area contributed by atoms with Crippen LogP contribution in [0.25, 0.3) is 0 Å². The van der Waals surface area contributed by atoms with Gasteiger partial charge in [-0.1, -0.05) is 0 Å². The van der Waals surface area contributed by atoms with Gasteiger partial charge in [0.05, 0.1) is 12.2 Å². The molecule has 2 rings (SSSR count). The van der Waals surface area contributed by atoms with Crippen molar-refractivity contribution in [1.82, 2.24) is 4.98 Å². The molecule has 0 bridgehead atoms. The molecular formula is C13H18N2O3. The Morgan fingerprint density at radius 3 is 3.17 bits per heavy atom. The van der Waals surface area contributed by atoms with Crippen molar-refractivity contribution in [3.63, 3.8) is 0 Å². The second kappa shape index (κ2) is 5.82. The summed E-state index contributed by atoms with van der Waals surface area (Å²) in [5.41, 5.74) is 0.270. The molecule has 1 N–H and O–H groups in total. The summed E-state index contributed by atoms with van der Waals surface area (Å²) in [5, 5.41) is 8.95. The highest BCUT2D eigenvalue weighted by Gasteiger charge is 2.17. The van der Waals surface area contributed by atoms with E-state index >= 15 is 0 Å². The summed E-state index contributed by atoms with van der Waals surface area (Å²) >= 11 is 0. The summed E-state index contributed by atoms with van der Waals surface area (Å²) in [5.74, 6) is 0.271. The first-order valence-electron chi connectivity index (χ1n) is 6.15. The molecule has 5 nitrogen and oxygen atoms in total. The van der Waals surface area contributed by atoms with Crippen molar-refractivity contribution in [3.05, 3.63) is 23.9 Å². The minimum absolute atomic E-state index is 0.270. The summed E-state index contributed by atoms with van der Waals surface area (Å²) in [6.07, 6.45) is 3.79. The van der Waals surface area contributed by atoms with Gasteiger partial charge in [-0.15, -0.1) is 0 Å². The van der Waals surface area contributed by atoms with E-state index < -0.39 is 5.97 Å². The normalized spacial score (nSPS) is 19.5. The van der Waals surface area contributed by atoms with E-state index in [4.69, 9.17) is 9.84 Å². The molecule has 0 aromatic carbocycles. The second-order valence-electron chi connectivity index (χ2n) is 4.67. The summed E-state index contributed by atoms with van der Waals surface area (Å²) in [6, 6.07) is 3.11. The molecule has 0 radical (unpaired) electrons. The van der Waals surface area contributed by atoms with Crippen molar-refractivity contribution in [1.29, 1.82) is 0 Å². The highest BCUT2D eigenvalue weighted by Crippen LogP contribution is 2.18. The third kappa shape index (κ3) is 3.20. The smallest absolute Gasteiger partial charge is 0.335 e. The quantitative estimate of drug-likeness (QED) is 0.880.